The molecular weight excluding hydrogens is 360 g/mol. The third-order valence-electron chi connectivity index (χ3n) is 4.68. The van der Waals surface area contributed by atoms with Crippen molar-refractivity contribution in [3.05, 3.63) is 34.0 Å². The Kier molecular flexibility index (Phi) is 5.74. The number of nitrogens with zero attached hydrogens (tertiary/aromatic N) is 4. The Labute approximate surface area is 163 Å². The Balaban J connectivity index is 1.93. The summed E-state index contributed by atoms with van der Waals surface area (Å²) in [6, 6.07) is 0.202. The molecule has 0 unspecified atom stereocenters. The lowest BCUT2D eigenvalue weighted by molar-refractivity contribution is 0.0951. The van der Waals surface area contributed by atoms with Crippen molar-refractivity contribution in [3.8, 4) is 0 Å². The van der Waals surface area contributed by atoms with Gasteiger partial charge in [0.1, 0.15) is 0 Å². The lowest BCUT2D eigenvalue weighted by Crippen LogP contribution is -2.27. The number of thiazole rings is 1. The van der Waals surface area contributed by atoms with Crippen LogP contribution in [0.4, 0.5) is 5.69 Å². The standard InChI is InChI=1S/C19H26N6OS/c1-6-25-18-15(9-22-25)17(23-12(4)11(2)3)16(8-20-18)19(26)21-7-14-10-27-13(5)24-14/h8-12H,6-7H2,1-5H3,(H,20,23)(H,21,26)/t12-/m0/s1. The second-order valence-electron chi connectivity index (χ2n) is 6.96. The summed E-state index contributed by atoms with van der Waals surface area (Å²) in [5.74, 6) is 0.251. The largest absolute Gasteiger partial charge is 0.381 e. The van der Waals surface area contributed by atoms with Crippen LogP contribution in [0.1, 0.15) is 48.8 Å². The minimum atomic E-state index is -0.169. The summed E-state index contributed by atoms with van der Waals surface area (Å²) in [7, 11) is 0. The van der Waals surface area contributed by atoms with Gasteiger partial charge in [0.2, 0.25) is 0 Å². The third-order valence-corrected chi connectivity index (χ3v) is 5.50. The molecule has 7 nitrogen and oxygen atoms in total. The summed E-state index contributed by atoms with van der Waals surface area (Å²) in [6.45, 7) is 11.5. The topological polar surface area (TPSA) is 84.7 Å². The molecule has 3 aromatic rings. The summed E-state index contributed by atoms with van der Waals surface area (Å²) in [5.41, 5.74) is 2.96. The number of carbonyl (C=O) groups excluding carboxylic acids is 1. The third kappa shape index (κ3) is 4.10. The van der Waals surface area contributed by atoms with Crippen molar-refractivity contribution < 1.29 is 4.79 Å². The molecule has 3 heterocycles. The van der Waals surface area contributed by atoms with Crippen molar-refractivity contribution in [2.45, 2.75) is 53.8 Å². The normalized spacial score (nSPS) is 12.5. The first-order valence-electron chi connectivity index (χ1n) is 9.21. The Bertz CT molecular complexity index is 945. The fourth-order valence-electron chi connectivity index (χ4n) is 2.74. The van der Waals surface area contributed by atoms with Gasteiger partial charge in [-0.25, -0.2) is 14.6 Å². The molecule has 0 aliphatic heterocycles. The minimum absolute atomic E-state index is 0.169. The van der Waals surface area contributed by atoms with Gasteiger partial charge >= 0.3 is 0 Å². The van der Waals surface area contributed by atoms with Gasteiger partial charge in [0.05, 0.1) is 40.1 Å². The second-order valence-corrected chi connectivity index (χ2v) is 8.02. The molecule has 1 amide bonds. The van der Waals surface area contributed by atoms with Gasteiger partial charge in [0.15, 0.2) is 5.65 Å². The number of hydrogen-bond acceptors (Lipinski definition) is 6. The summed E-state index contributed by atoms with van der Waals surface area (Å²) < 4.78 is 1.83. The van der Waals surface area contributed by atoms with Gasteiger partial charge in [-0.3, -0.25) is 4.79 Å². The van der Waals surface area contributed by atoms with Gasteiger partial charge < -0.3 is 10.6 Å². The summed E-state index contributed by atoms with van der Waals surface area (Å²) in [6.07, 6.45) is 3.41. The fraction of sp³-hybridized carbons (Fsp3) is 0.474. The minimum Gasteiger partial charge on any atom is -0.381 e. The van der Waals surface area contributed by atoms with Crippen LogP contribution in [0.5, 0.6) is 0 Å². The molecule has 0 aromatic carbocycles. The number of carbonyl (C=O) groups is 1. The molecule has 0 fully saturated rings. The van der Waals surface area contributed by atoms with Gasteiger partial charge in [-0.2, -0.15) is 5.10 Å². The highest BCUT2D eigenvalue weighted by Crippen LogP contribution is 2.27. The second kappa shape index (κ2) is 8.04. The lowest BCUT2D eigenvalue weighted by Gasteiger charge is -2.21. The van der Waals surface area contributed by atoms with Crippen molar-refractivity contribution in [3.63, 3.8) is 0 Å². The number of aryl methyl sites for hydroxylation is 2. The number of hydrogen-bond donors (Lipinski definition) is 2. The number of pyridine rings is 1. The lowest BCUT2D eigenvalue weighted by atomic mass is 10.0. The first-order valence-corrected chi connectivity index (χ1v) is 10.1. The molecule has 27 heavy (non-hydrogen) atoms. The van der Waals surface area contributed by atoms with Crippen LogP contribution >= 0.6 is 11.3 Å². The van der Waals surface area contributed by atoms with Crippen LogP contribution in [-0.2, 0) is 13.1 Å². The molecule has 0 bridgehead atoms. The van der Waals surface area contributed by atoms with Crippen LogP contribution in [0.15, 0.2) is 17.8 Å². The van der Waals surface area contributed by atoms with Crippen LogP contribution in [0, 0.1) is 12.8 Å². The van der Waals surface area contributed by atoms with Crippen LogP contribution in [0.25, 0.3) is 11.0 Å². The quantitative estimate of drug-likeness (QED) is 0.648. The highest BCUT2D eigenvalue weighted by atomic mass is 32.1. The molecule has 2 N–H and O–H groups in total. The first kappa shape index (κ1) is 19.3. The molecule has 0 spiro atoms. The zero-order valence-corrected chi connectivity index (χ0v) is 17.2. The van der Waals surface area contributed by atoms with E-state index in [4.69, 9.17) is 0 Å². The summed E-state index contributed by atoms with van der Waals surface area (Å²) in [5, 5.41) is 14.7. The van der Waals surface area contributed by atoms with Crippen molar-refractivity contribution in [2.24, 2.45) is 5.92 Å². The van der Waals surface area contributed by atoms with E-state index in [0.29, 0.717) is 18.0 Å². The molecule has 144 valence electrons. The Hall–Kier alpha value is -2.48. The highest BCUT2D eigenvalue weighted by molar-refractivity contribution is 7.09. The van der Waals surface area contributed by atoms with Gasteiger partial charge in [-0.05, 0) is 26.7 Å². The fourth-order valence-corrected chi connectivity index (χ4v) is 3.35. The van der Waals surface area contributed by atoms with Crippen LogP contribution in [0.3, 0.4) is 0 Å². The molecule has 0 radical (unpaired) electrons. The van der Waals surface area contributed by atoms with E-state index in [1.165, 1.54) is 0 Å². The van der Waals surface area contributed by atoms with E-state index in [1.807, 2.05) is 23.9 Å². The maximum Gasteiger partial charge on any atom is 0.255 e. The average Bonchev–Trinajstić information content (AvgIpc) is 3.25. The average molecular weight is 387 g/mol. The predicted octanol–water partition coefficient (Wildman–Crippen LogP) is 3.60. The molecular formula is C19H26N6OS. The molecule has 0 aliphatic carbocycles. The Morgan fingerprint density at radius 2 is 2.07 bits per heavy atom. The van der Waals surface area contributed by atoms with E-state index >= 15 is 0 Å². The van der Waals surface area contributed by atoms with E-state index in [2.05, 4.69) is 46.5 Å². The van der Waals surface area contributed by atoms with E-state index in [1.54, 1.807) is 23.7 Å². The maximum absolute atomic E-state index is 12.9. The van der Waals surface area contributed by atoms with Crippen molar-refractivity contribution in [1.29, 1.82) is 0 Å². The Morgan fingerprint density at radius 1 is 1.30 bits per heavy atom. The number of anilines is 1. The molecule has 1 atom stereocenters. The first-order chi connectivity index (χ1) is 12.9. The molecule has 8 heteroatoms. The monoisotopic (exact) mass is 386 g/mol. The highest BCUT2D eigenvalue weighted by Gasteiger charge is 2.20. The van der Waals surface area contributed by atoms with Crippen LogP contribution in [-0.4, -0.2) is 31.7 Å². The number of aromatic nitrogens is 4. The van der Waals surface area contributed by atoms with Crippen LogP contribution in [0.2, 0.25) is 0 Å². The molecule has 3 rings (SSSR count). The maximum atomic E-state index is 12.9. The van der Waals surface area contributed by atoms with E-state index in [-0.39, 0.29) is 11.9 Å². The summed E-state index contributed by atoms with van der Waals surface area (Å²) in [4.78, 5) is 21.8. The zero-order chi connectivity index (χ0) is 19.6. The van der Waals surface area contributed by atoms with Crippen molar-refractivity contribution in [2.75, 3.05) is 5.32 Å². The number of amides is 1. The number of rotatable bonds is 7. The smallest absolute Gasteiger partial charge is 0.255 e. The van der Waals surface area contributed by atoms with E-state index < -0.39 is 0 Å². The number of nitrogens with one attached hydrogen (secondary N) is 2. The van der Waals surface area contributed by atoms with E-state index in [9.17, 15) is 4.79 Å². The SMILES string of the molecule is CCn1ncc2c(N[C@@H](C)C(C)C)c(C(=O)NCc3csc(C)n3)cnc21. The molecule has 0 saturated heterocycles. The number of fused-ring (bicyclic) bond motifs is 1. The van der Waals surface area contributed by atoms with Gasteiger partial charge in [0, 0.05) is 24.2 Å². The predicted molar refractivity (Wildman–Crippen MR) is 109 cm³/mol. The summed E-state index contributed by atoms with van der Waals surface area (Å²) >= 11 is 1.58. The van der Waals surface area contributed by atoms with E-state index in [0.717, 1.165) is 34.0 Å². The van der Waals surface area contributed by atoms with Crippen LogP contribution < -0.4 is 10.6 Å². The molecule has 0 saturated carbocycles. The zero-order valence-electron chi connectivity index (χ0n) is 16.4. The van der Waals surface area contributed by atoms with Gasteiger partial charge in [-0.15, -0.1) is 11.3 Å². The van der Waals surface area contributed by atoms with Gasteiger partial charge in [0.25, 0.3) is 5.91 Å². The molecule has 3 aromatic heterocycles. The van der Waals surface area contributed by atoms with Crippen molar-refractivity contribution >= 4 is 34.0 Å². The molecule has 0 aliphatic rings. The Morgan fingerprint density at radius 3 is 2.70 bits per heavy atom. The van der Waals surface area contributed by atoms with Gasteiger partial charge in [-0.1, -0.05) is 13.8 Å². The van der Waals surface area contributed by atoms with Crippen molar-refractivity contribution in [1.82, 2.24) is 25.1 Å².